The van der Waals surface area contributed by atoms with Crippen molar-refractivity contribution in [1.82, 2.24) is 5.32 Å². The summed E-state index contributed by atoms with van der Waals surface area (Å²) in [6.07, 6.45) is 0.278. The third-order valence-corrected chi connectivity index (χ3v) is 3.13. The summed E-state index contributed by atoms with van der Waals surface area (Å²) in [6, 6.07) is 7.46. The Bertz CT molecular complexity index is 475. The van der Waals surface area contributed by atoms with Gasteiger partial charge >= 0.3 is 0 Å². The molecule has 4 nitrogen and oxygen atoms in total. The lowest BCUT2D eigenvalue weighted by atomic mass is 10.0. The van der Waals surface area contributed by atoms with E-state index < -0.39 is 0 Å². The van der Waals surface area contributed by atoms with Crippen LogP contribution in [0.25, 0.3) is 0 Å². The summed E-state index contributed by atoms with van der Waals surface area (Å²) in [6.45, 7) is 6.26. The first-order chi connectivity index (χ1) is 9.40. The van der Waals surface area contributed by atoms with Crippen molar-refractivity contribution in [1.29, 1.82) is 0 Å². The summed E-state index contributed by atoms with van der Waals surface area (Å²) in [7, 11) is 0. The number of hydrogen-bond donors (Lipinski definition) is 2. The predicted molar refractivity (Wildman–Crippen MR) is 84.8 cm³/mol. The first kappa shape index (κ1) is 16.4. The van der Waals surface area contributed by atoms with E-state index in [2.05, 4.69) is 5.32 Å². The van der Waals surface area contributed by atoms with Crippen molar-refractivity contribution >= 4 is 23.1 Å². The first-order valence-electron chi connectivity index (χ1n) is 6.68. The van der Waals surface area contributed by atoms with Gasteiger partial charge in [-0.3, -0.25) is 4.79 Å². The average Bonchev–Trinajstić information content (AvgIpc) is 2.35. The molecule has 0 spiro atoms. The molecule has 0 aromatic heterocycles. The number of ether oxygens (including phenoxy) is 1. The van der Waals surface area contributed by atoms with Crippen LogP contribution in [0, 0.1) is 12.8 Å². The van der Waals surface area contributed by atoms with Crippen LogP contribution in [0.5, 0.6) is 5.75 Å². The lowest BCUT2D eigenvalue weighted by molar-refractivity contribution is -0.122. The van der Waals surface area contributed by atoms with E-state index in [1.807, 2.05) is 45.0 Å². The van der Waals surface area contributed by atoms with Crippen LogP contribution in [0.1, 0.15) is 25.8 Å². The van der Waals surface area contributed by atoms with Gasteiger partial charge in [-0.05, 0) is 30.5 Å². The lowest BCUT2D eigenvalue weighted by Crippen LogP contribution is -2.47. The number of aryl methyl sites for hydroxylation is 1. The van der Waals surface area contributed by atoms with Crippen LogP contribution < -0.4 is 15.8 Å². The predicted octanol–water partition coefficient (Wildman–Crippen LogP) is 2.19. The van der Waals surface area contributed by atoms with E-state index >= 15 is 0 Å². The lowest BCUT2D eigenvalue weighted by Gasteiger charge is -2.21. The molecule has 0 radical (unpaired) electrons. The van der Waals surface area contributed by atoms with Crippen molar-refractivity contribution in [3.05, 3.63) is 29.8 Å². The third-order valence-electron chi connectivity index (χ3n) is 2.88. The van der Waals surface area contributed by atoms with Crippen molar-refractivity contribution in [2.45, 2.75) is 33.2 Å². The standard InChI is InChI=1S/C15H22N2O2S/c1-10(2)14(15(16)20)17-13(18)7-8-19-12-6-4-5-11(3)9-12/h4-6,9-10,14H,7-8H2,1-3H3,(H2,16,20)(H,17,18). The number of hydrogen-bond acceptors (Lipinski definition) is 3. The smallest absolute Gasteiger partial charge is 0.223 e. The van der Waals surface area contributed by atoms with Gasteiger partial charge in [0, 0.05) is 0 Å². The van der Waals surface area contributed by atoms with E-state index in [1.165, 1.54) is 0 Å². The van der Waals surface area contributed by atoms with E-state index in [0.29, 0.717) is 11.6 Å². The zero-order chi connectivity index (χ0) is 15.1. The van der Waals surface area contributed by atoms with Crippen LogP contribution in [-0.2, 0) is 4.79 Å². The fraction of sp³-hybridized carbons (Fsp3) is 0.467. The molecule has 0 bridgehead atoms. The molecule has 0 aliphatic rings. The van der Waals surface area contributed by atoms with E-state index in [-0.39, 0.29) is 24.3 Å². The molecular formula is C15H22N2O2S. The zero-order valence-electron chi connectivity index (χ0n) is 12.2. The third kappa shape index (κ3) is 5.57. The molecule has 3 N–H and O–H groups in total. The summed E-state index contributed by atoms with van der Waals surface area (Å²) in [4.78, 5) is 12.1. The molecule has 20 heavy (non-hydrogen) atoms. The van der Waals surface area contributed by atoms with Gasteiger partial charge in [0.15, 0.2) is 0 Å². The van der Waals surface area contributed by atoms with Crippen molar-refractivity contribution in [3.63, 3.8) is 0 Å². The first-order valence-corrected chi connectivity index (χ1v) is 7.09. The molecule has 1 rings (SSSR count). The van der Waals surface area contributed by atoms with Crippen molar-refractivity contribution < 1.29 is 9.53 Å². The Labute approximate surface area is 125 Å². The molecule has 5 heteroatoms. The van der Waals surface area contributed by atoms with Crippen LogP contribution >= 0.6 is 12.2 Å². The molecule has 1 unspecified atom stereocenters. The summed E-state index contributed by atoms with van der Waals surface area (Å²) in [5.41, 5.74) is 6.73. The maximum Gasteiger partial charge on any atom is 0.223 e. The average molecular weight is 294 g/mol. The number of thiocarbonyl (C=S) groups is 1. The van der Waals surface area contributed by atoms with Gasteiger partial charge in [0.1, 0.15) is 5.75 Å². The summed E-state index contributed by atoms with van der Waals surface area (Å²) < 4.78 is 5.54. The number of nitrogens with one attached hydrogen (secondary N) is 1. The number of carbonyl (C=O) groups is 1. The van der Waals surface area contributed by atoms with Gasteiger partial charge in [-0.15, -0.1) is 0 Å². The maximum atomic E-state index is 11.8. The van der Waals surface area contributed by atoms with E-state index in [9.17, 15) is 4.79 Å². The zero-order valence-corrected chi connectivity index (χ0v) is 13.0. The highest BCUT2D eigenvalue weighted by Gasteiger charge is 2.18. The summed E-state index contributed by atoms with van der Waals surface area (Å²) in [5.74, 6) is 0.839. The number of amides is 1. The van der Waals surface area contributed by atoms with Crippen LogP contribution in [0.3, 0.4) is 0 Å². The van der Waals surface area contributed by atoms with Gasteiger partial charge in [0.2, 0.25) is 5.91 Å². The van der Waals surface area contributed by atoms with Gasteiger partial charge in [-0.2, -0.15) is 0 Å². The Morgan fingerprint density at radius 1 is 1.45 bits per heavy atom. The molecule has 1 aromatic carbocycles. The van der Waals surface area contributed by atoms with E-state index in [0.717, 1.165) is 11.3 Å². The van der Waals surface area contributed by atoms with Crippen molar-refractivity contribution in [2.75, 3.05) is 6.61 Å². The molecule has 1 atom stereocenters. The molecular weight excluding hydrogens is 272 g/mol. The minimum atomic E-state index is -0.267. The minimum Gasteiger partial charge on any atom is -0.493 e. The van der Waals surface area contributed by atoms with E-state index in [4.69, 9.17) is 22.7 Å². The normalized spacial score (nSPS) is 12.0. The fourth-order valence-electron chi connectivity index (χ4n) is 1.78. The molecule has 0 fully saturated rings. The molecule has 0 heterocycles. The fourth-order valence-corrected chi connectivity index (χ4v) is 2.11. The summed E-state index contributed by atoms with van der Waals surface area (Å²) >= 11 is 4.95. The number of benzene rings is 1. The van der Waals surface area contributed by atoms with Crippen LogP contribution in [0.4, 0.5) is 0 Å². The van der Waals surface area contributed by atoms with E-state index in [1.54, 1.807) is 0 Å². The molecule has 0 saturated carbocycles. The summed E-state index contributed by atoms with van der Waals surface area (Å²) in [5, 5.41) is 2.83. The maximum absolute atomic E-state index is 11.8. The van der Waals surface area contributed by atoms with Crippen LogP contribution in [0.15, 0.2) is 24.3 Å². The highest BCUT2D eigenvalue weighted by atomic mass is 32.1. The van der Waals surface area contributed by atoms with Gasteiger partial charge in [0.05, 0.1) is 24.1 Å². The van der Waals surface area contributed by atoms with Crippen molar-refractivity contribution in [2.24, 2.45) is 11.7 Å². The minimum absolute atomic E-state index is 0.107. The highest BCUT2D eigenvalue weighted by molar-refractivity contribution is 7.80. The Morgan fingerprint density at radius 2 is 2.15 bits per heavy atom. The van der Waals surface area contributed by atoms with Crippen LogP contribution in [-0.4, -0.2) is 23.5 Å². The van der Waals surface area contributed by atoms with Gasteiger partial charge in [0.25, 0.3) is 0 Å². The van der Waals surface area contributed by atoms with Crippen molar-refractivity contribution in [3.8, 4) is 5.75 Å². The quantitative estimate of drug-likeness (QED) is 0.757. The largest absolute Gasteiger partial charge is 0.493 e. The molecule has 0 aliphatic carbocycles. The topological polar surface area (TPSA) is 64.3 Å². The molecule has 110 valence electrons. The second-order valence-electron chi connectivity index (χ2n) is 5.11. The second kappa shape index (κ2) is 7.85. The van der Waals surface area contributed by atoms with Gasteiger partial charge in [-0.1, -0.05) is 38.2 Å². The Hall–Kier alpha value is -1.62. The number of rotatable bonds is 7. The number of nitrogens with two attached hydrogens (primary N) is 1. The highest BCUT2D eigenvalue weighted by Crippen LogP contribution is 2.12. The van der Waals surface area contributed by atoms with Gasteiger partial charge in [-0.25, -0.2) is 0 Å². The van der Waals surface area contributed by atoms with Gasteiger partial charge < -0.3 is 15.8 Å². The van der Waals surface area contributed by atoms with Crippen LogP contribution in [0.2, 0.25) is 0 Å². The Morgan fingerprint density at radius 3 is 2.70 bits per heavy atom. The second-order valence-corrected chi connectivity index (χ2v) is 5.58. The Kier molecular flexibility index (Phi) is 6.45. The SMILES string of the molecule is Cc1cccc(OCCC(=O)NC(C(N)=S)C(C)C)c1. The molecule has 0 aliphatic heterocycles. The molecule has 1 aromatic rings. The molecule has 1 amide bonds. The number of carbonyl (C=O) groups excluding carboxylic acids is 1. The Balaban J connectivity index is 2.38. The molecule has 0 saturated heterocycles. The monoisotopic (exact) mass is 294 g/mol.